The zero-order chi connectivity index (χ0) is 6.69. The first-order valence-corrected chi connectivity index (χ1v) is 4.52. The first kappa shape index (κ1) is 7.55. The van der Waals surface area contributed by atoms with Crippen molar-refractivity contribution in [2.75, 3.05) is 6.61 Å². The quantitative estimate of drug-likeness (QED) is 0.580. The van der Waals surface area contributed by atoms with Crippen LogP contribution in [0.3, 0.4) is 0 Å². The van der Waals surface area contributed by atoms with Crippen molar-refractivity contribution < 1.29 is 4.74 Å². The van der Waals surface area contributed by atoms with E-state index in [0.717, 1.165) is 13.0 Å². The fraction of sp³-hybridized carbons (Fsp3) is 1.00. The third-order valence-corrected chi connectivity index (χ3v) is 2.81. The molecule has 1 fully saturated rings. The molecule has 1 nitrogen and oxygen atoms in total. The third-order valence-electron chi connectivity index (χ3n) is 1.76. The van der Waals surface area contributed by atoms with E-state index >= 15 is 0 Å². The Balaban J connectivity index is 2.30. The van der Waals surface area contributed by atoms with Crippen LogP contribution in [0, 0.1) is 0 Å². The van der Waals surface area contributed by atoms with E-state index in [1.54, 1.807) is 0 Å². The molecule has 0 aromatic carbocycles. The molecule has 9 heavy (non-hydrogen) atoms. The minimum Gasteiger partial charge on any atom is -0.377 e. The maximum absolute atomic E-state index is 5.49. The molecule has 1 rings (SSSR count). The maximum Gasteiger partial charge on any atom is 0.0697 e. The van der Waals surface area contributed by atoms with Crippen LogP contribution in [-0.2, 0) is 4.74 Å². The Morgan fingerprint density at radius 3 is 2.89 bits per heavy atom. The Morgan fingerprint density at radius 2 is 2.44 bits per heavy atom. The average Bonchev–Trinajstić information content (AvgIpc) is 1.89. The molecule has 0 N–H and O–H groups in total. The van der Waals surface area contributed by atoms with Crippen molar-refractivity contribution in [3.05, 3.63) is 0 Å². The lowest BCUT2D eigenvalue weighted by Crippen LogP contribution is -2.28. The third kappa shape index (κ3) is 1.94. The second-order valence-electron chi connectivity index (χ2n) is 2.48. The van der Waals surface area contributed by atoms with Gasteiger partial charge in [-0.2, -0.15) is 0 Å². The molecule has 1 heterocycles. The molecule has 0 aliphatic carbocycles. The summed E-state index contributed by atoms with van der Waals surface area (Å²) in [5, 5.41) is 0. The molecule has 0 radical (unpaired) electrons. The van der Waals surface area contributed by atoms with E-state index in [4.69, 9.17) is 4.74 Å². The highest BCUT2D eigenvalue weighted by molar-refractivity contribution is 9.09. The summed E-state index contributed by atoms with van der Waals surface area (Å²) in [6, 6.07) is 0. The van der Waals surface area contributed by atoms with Gasteiger partial charge < -0.3 is 4.74 Å². The van der Waals surface area contributed by atoms with Crippen molar-refractivity contribution in [2.24, 2.45) is 0 Å². The molecule has 0 spiro atoms. The van der Waals surface area contributed by atoms with Crippen LogP contribution in [0.2, 0.25) is 0 Å². The van der Waals surface area contributed by atoms with Gasteiger partial charge in [-0.3, -0.25) is 0 Å². The van der Waals surface area contributed by atoms with Crippen molar-refractivity contribution in [3.63, 3.8) is 0 Å². The summed E-state index contributed by atoms with van der Waals surface area (Å²) in [6.07, 6.45) is 4.10. The van der Waals surface area contributed by atoms with Gasteiger partial charge in [-0.25, -0.2) is 0 Å². The van der Waals surface area contributed by atoms with Gasteiger partial charge >= 0.3 is 0 Å². The highest BCUT2D eigenvalue weighted by Gasteiger charge is 2.20. The predicted octanol–water partition coefficient (Wildman–Crippen LogP) is 2.34. The van der Waals surface area contributed by atoms with Gasteiger partial charge in [0.1, 0.15) is 0 Å². The molecule has 0 aromatic rings. The lowest BCUT2D eigenvalue weighted by Gasteiger charge is -2.26. The molecule has 0 saturated carbocycles. The minimum absolute atomic E-state index is 0.471. The molecule has 2 heteroatoms. The van der Waals surface area contributed by atoms with Gasteiger partial charge in [-0.1, -0.05) is 22.9 Å². The van der Waals surface area contributed by atoms with Crippen LogP contribution in [-0.4, -0.2) is 17.5 Å². The number of alkyl halides is 1. The highest BCUT2D eigenvalue weighted by Crippen LogP contribution is 2.22. The minimum atomic E-state index is 0.471. The summed E-state index contributed by atoms with van der Waals surface area (Å²) in [5.74, 6) is 0. The summed E-state index contributed by atoms with van der Waals surface area (Å²) in [4.78, 5) is 0.608. The van der Waals surface area contributed by atoms with E-state index in [-0.39, 0.29) is 0 Å². The van der Waals surface area contributed by atoms with E-state index in [1.807, 2.05) is 0 Å². The average molecular weight is 193 g/mol. The van der Waals surface area contributed by atoms with Crippen molar-refractivity contribution in [2.45, 2.75) is 37.1 Å². The molecule has 1 saturated heterocycles. The molecule has 2 unspecified atom stereocenters. The van der Waals surface area contributed by atoms with Crippen molar-refractivity contribution in [1.82, 2.24) is 0 Å². The van der Waals surface area contributed by atoms with Gasteiger partial charge in [0.05, 0.1) is 6.10 Å². The first-order valence-electron chi connectivity index (χ1n) is 3.60. The van der Waals surface area contributed by atoms with Crippen molar-refractivity contribution in [1.29, 1.82) is 0 Å². The van der Waals surface area contributed by atoms with E-state index in [2.05, 4.69) is 22.9 Å². The SMILES string of the molecule is CCC1OCCCC1Br. The van der Waals surface area contributed by atoms with Crippen molar-refractivity contribution >= 4 is 15.9 Å². The van der Waals surface area contributed by atoms with Gasteiger partial charge in [0.15, 0.2) is 0 Å². The lowest BCUT2D eigenvalue weighted by atomic mass is 10.1. The van der Waals surface area contributed by atoms with E-state index < -0.39 is 0 Å². The van der Waals surface area contributed by atoms with Crippen LogP contribution in [0.25, 0.3) is 0 Å². The molecule has 1 aliphatic heterocycles. The Morgan fingerprint density at radius 1 is 1.67 bits per heavy atom. The van der Waals surface area contributed by atoms with E-state index in [9.17, 15) is 0 Å². The van der Waals surface area contributed by atoms with Crippen LogP contribution in [0.4, 0.5) is 0 Å². The lowest BCUT2D eigenvalue weighted by molar-refractivity contribution is 0.0209. The molecule has 0 bridgehead atoms. The Bertz CT molecular complexity index is 85.0. The molecule has 0 aromatic heterocycles. The Kier molecular flexibility index (Phi) is 2.99. The number of ether oxygens (including phenoxy) is 1. The van der Waals surface area contributed by atoms with Crippen LogP contribution in [0.15, 0.2) is 0 Å². The number of halogens is 1. The van der Waals surface area contributed by atoms with Crippen LogP contribution in [0.5, 0.6) is 0 Å². The van der Waals surface area contributed by atoms with Gasteiger partial charge in [0.25, 0.3) is 0 Å². The summed E-state index contributed by atoms with van der Waals surface area (Å²) in [7, 11) is 0. The smallest absolute Gasteiger partial charge is 0.0697 e. The van der Waals surface area contributed by atoms with Crippen LogP contribution < -0.4 is 0 Å². The zero-order valence-electron chi connectivity index (χ0n) is 5.77. The highest BCUT2D eigenvalue weighted by atomic mass is 79.9. The first-order chi connectivity index (χ1) is 4.34. The summed E-state index contributed by atoms with van der Waals surface area (Å²) in [6.45, 7) is 3.13. The summed E-state index contributed by atoms with van der Waals surface area (Å²) < 4.78 is 5.49. The van der Waals surface area contributed by atoms with Crippen LogP contribution >= 0.6 is 15.9 Å². The van der Waals surface area contributed by atoms with Crippen molar-refractivity contribution in [3.8, 4) is 0 Å². The van der Waals surface area contributed by atoms with E-state index in [1.165, 1.54) is 12.8 Å². The molecule has 0 amide bonds. The second-order valence-corrected chi connectivity index (χ2v) is 3.65. The number of hydrogen-bond acceptors (Lipinski definition) is 1. The zero-order valence-corrected chi connectivity index (χ0v) is 7.36. The summed E-state index contributed by atoms with van der Waals surface area (Å²) >= 11 is 3.59. The Labute approximate surface area is 64.9 Å². The van der Waals surface area contributed by atoms with Gasteiger partial charge in [0, 0.05) is 11.4 Å². The van der Waals surface area contributed by atoms with Gasteiger partial charge in [0.2, 0.25) is 0 Å². The maximum atomic E-state index is 5.49. The van der Waals surface area contributed by atoms with E-state index in [0.29, 0.717) is 10.9 Å². The van der Waals surface area contributed by atoms with Crippen LogP contribution in [0.1, 0.15) is 26.2 Å². The second kappa shape index (κ2) is 3.57. The topological polar surface area (TPSA) is 9.23 Å². The summed E-state index contributed by atoms with van der Waals surface area (Å²) in [5.41, 5.74) is 0. The van der Waals surface area contributed by atoms with Gasteiger partial charge in [-0.05, 0) is 19.3 Å². The molecule has 1 aliphatic rings. The standard InChI is InChI=1S/C7H13BrO/c1-2-7-6(8)4-3-5-9-7/h6-7H,2-5H2,1H3. The fourth-order valence-corrected chi connectivity index (χ4v) is 2.03. The molecule has 54 valence electrons. The van der Waals surface area contributed by atoms with Gasteiger partial charge in [-0.15, -0.1) is 0 Å². The monoisotopic (exact) mass is 192 g/mol. The Hall–Kier alpha value is 0.440. The molecular formula is C7H13BrO. The fourth-order valence-electron chi connectivity index (χ4n) is 1.18. The predicted molar refractivity (Wildman–Crippen MR) is 42.0 cm³/mol. The molecular weight excluding hydrogens is 180 g/mol. The molecule has 2 atom stereocenters. The largest absolute Gasteiger partial charge is 0.377 e. The number of rotatable bonds is 1. The number of hydrogen-bond donors (Lipinski definition) is 0. The normalized spacial score (nSPS) is 36.7.